The second-order valence-electron chi connectivity index (χ2n) is 4.70. The van der Waals surface area contributed by atoms with Crippen LogP contribution in [0, 0.1) is 11.8 Å². The Labute approximate surface area is 86.1 Å². The third-order valence-electron chi connectivity index (χ3n) is 2.81. The van der Waals surface area contributed by atoms with Crippen molar-refractivity contribution < 1.29 is 9.90 Å². The zero-order valence-electron chi connectivity index (χ0n) is 9.20. The first kappa shape index (κ1) is 11.5. The van der Waals surface area contributed by atoms with Gasteiger partial charge in [0, 0.05) is 19.5 Å². The number of piperidine rings is 1. The minimum atomic E-state index is -0.678. The summed E-state index contributed by atoms with van der Waals surface area (Å²) in [7, 11) is 0. The molecule has 0 aromatic heterocycles. The maximum Gasteiger partial charge on any atom is 0.303 e. The van der Waals surface area contributed by atoms with Gasteiger partial charge in [-0.3, -0.25) is 4.79 Å². The average molecular weight is 199 g/mol. The molecule has 82 valence electrons. The summed E-state index contributed by atoms with van der Waals surface area (Å²) < 4.78 is 0. The van der Waals surface area contributed by atoms with Crippen LogP contribution in [0.1, 0.15) is 33.1 Å². The van der Waals surface area contributed by atoms with E-state index in [2.05, 4.69) is 18.7 Å². The van der Waals surface area contributed by atoms with Crippen LogP contribution >= 0.6 is 0 Å². The molecule has 0 saturated carbocycles. The SMILES string of the molecule is C[C@@H]1C[C@H](C)CN(CCCC(=O)O)C1. The Hall–Kier alpha value is -0.570. The lowest BCUT2D eigenvalue weighted by atomic mass is 9.92. The van der Waals surface area contributed by atoms with Crippen LogP contribution in [0.5, 0.6) is 0 Å². The predicted molar refractivity (Wildman–Crippen MR) is 56.3 cm³/mol. The molecular weight excluding hydrogens is 178 g/mol. The number of rotatable bonds is 4. The van der Waals surface area contributed by atoms with Crippen molar-refractivity contribution in [1.82, 2.24) is 4.90 Å². The van der Waals surface area contributed by atoms with Crippen LogP contribution in [0.2, 0.25) is 0 Å². The van der Waals surface area contributed by atoms with E-state index in [-0.39, 0.29) is 0 Å². The van der Waals surface area contributed by atoms with Crippen LogP contribution in [-0.2, 0) is 4.79 Å². The molecule has 0 aromatic rings. The van der Waals surface area contributed by atoms with Crippen molar-refractivity contribution in [3.8, 4) is 0 Å². The average Bonchev–Trinajstić information content (AvgIpc) is 2.01. The normalized spacial score (nSPS) is 29.0. The van der Waals surface area contributed by atoms with Gasteiger partial charge in [-0.25, -0.2) is 0 Å². The van der Waals surface area contributed by atoms with Gasteiger partial charge in [0.2, 0.25) is 0 Å². The Kier molecular flexibility index (Phi) is 4.39. The highest BCUT2D eigenvalue weighted by Gasteiger charge is 2.21. The first-order valence-corrected chi connectivity index (χ1v) is 5.52. The molecule has 0 unspecified atom stereocenters. The first-order chi connectivity index (χ1) is 6.58. The largest absolute Gasteiger partial charge is 0.481 e. The molecule has 1 heterocycles. The number of nitrogens with zero attached hydrogens (tertiary/aromatic N) is 1. The van der Waals surface area contributed by atoms with Crippen LogP contribution < -0.4 is 0 Å². The van der Waals surface area contributed by atoms with E-state index >= 15 is 0 Å². The Morgan fingerprint density at radius 2 is 1.93 bits per heavy atom. The standard InChI is InChI=1S/C11H21NO2/c1-9-6-10(2)8-12(7-9)5-3-4-11(13)14/h9-10H,3-8H2,1-2H3,(H,13,14)/t9-,10+. The summed E-state index contributed by atoms with van der Waals surface area (Å²) in [5, 5.41) is 8.53. The van der Waals surface area contributed by atoms with Gasteiger partial charge in [-0.2, -0.15) is 0 Å². The minimum absolute atomic E-state index is 0.305. The summed E-state index contributed by atoms with van der Waals surface area (Å²) in [5.74, 6) is 0.857. The maximum absolute atomic E-state index is 10.4. The van der Waals surface area contributed by atoms with Gasteiger partial charge in [0.25, 0.3) is 0 Å². The summed E-state index contributed by atoms with van der Waals surface area (Å²) in [4.78, 5) is 12.8. The summed E-state index contributed by atoms with van der Waals surface area (Å²) in [6.45, 7) is 7.79. The van der Waals surface area contributed by atoms with Gasteiger partial charge in [0.15, 0.2) is 0 Å². The number of hydrogen-bond acceptors (Lipinski definition) is 2. The van der Waals surface area contributed by atoms with Crippen LogP contribution in [0.25, 0.3) is 0 Å². The van der Waals surface area contributed by atoms with Crippen molar-refractivity contribution in [3.05, 3.63) is 0 Å². The fraction of sp³-hybridized carbons (Fsp3) is 0.909. The van der Waals surface area contributed by atoms with Gasteiger partial charge in [-0.1, -0.05) is 13.8 Å². The quantitative estimate of drug-likeness (QED) is 0.751. The van der Waals surface area contributed by atoms with Crippen molar-refractivity contribution in [3.63, 3.8) is 0 Å². The first-order valence-electron chi connectivity index (χ1n) is 5.52. The molecule has 2 atom stereocenters. The van der Waals surface area contributed by atoms with E-state index < -0.39 is 5.97 Å². The number of carbonyl (C=O) groups is 1. The molecule has 1 aliphatic heterocycles. The van der Waals surface area contributed by atoms with Crippen LogP contribution in [0.4, 0.5) is 0 Å². The molecule has 14 heavy (non-hydrogen) atoms. The summed E-state index contributed by atoms with van der Waals surface area (Å²) in [6, 6.07) is 0. The highest BCUT2D eigenvalue weighted by atomic mass is 16.4. The highest BCUT2D eigenvalue weighted by Crippen LogP contribution is 2.20. The molecular formula is C11H21NO2. The molecule has 1 N–H and O–H groups in total. The van der Waals surface area contributed by atoms with Gasteiger partial charge < -0.3 is 10.0 Å². The van der Waals surface area contributed by atoms with Crippen LogP contribution in [-0.4, -0.2) is 35.6 Å². The summed E-state index contributed by atoms with van der Waals surface area (Å²) in [5.41, 5.74) is 0. The van der Waals surface area contributed by atoms with Crippen molar-refractivity contribution >= 4 is 5.97 Å². The second-order valence-corrected chi connectivity index (χ2v) is 4.70. The van der Waals surface area contributed by atoms with Crippen molar-refractivity contribution in [2.45, 2.75) is 33.1 Å². The Balaban J connectivity index is 2.20. The minimum Gasteiger partial charge on any atom is -0.481 e. The van der Waals surface area contributed by atoms with Gasteiger partial charge in [-0.05, 0) is 31.2 Å². The van der Waals surface area contributed by atoms with E-state index in [9.17, 15) is 4.79 Å². The molecule has 0 radical (unpaired) electrons. The molecule has 1 rings (SSSR count). The van der Waals surface area contributed by atoms with Gasteiger partial charge >= 0.3 is 5.97 Å². The number of carboxylic acid groups (broad SMARTS) is 1. The molecule has 1 aliphatic rings. The molecule has 0 amide bonds. The van der Waals surface area contributed by atoms with Crippen LogP contribution in [0.15, 0.2) is 0 Å². The number of likely N-dealkylation sites (tertiary alicyclic amines) is 1. The smallest absolute Gasteiger partial charge is 0.303 e. The number of hydrogen-bond donors (Lipinski definition) is 1. The molecule has 1 fully saturated rings. The van der Waals surface area contributed by atoms with E-state index in [4.69, 9.17) is 5.11 Å². The van der Waals surface area contributed by atoms with E-state index in [1.165, 1.54) is 6.42 Å². The molecule has 0 bridgehead atoms. The maximum atomic E-state index is 10.4. The lowest BCUT2D eigenvalue weighted by Gasteiger charge is -2.34. The Bertz CT molecular complexity index is 184. The number of aliphatic carboxylic acids is 1. The Morgan fingerprint density at radius 3 is 2.43 bits per heavy atom. The van der Waals surface area contributed by atoms with Crippen molar-refractivity contribution in [2.24, 2.45) is 11.8 Å². The van der Waals surface area contributed by atoms with E-state index in [0.717, 1.165) is 37.9 Å². The van der Waals surface area contributed by atoms with E-state index in [1.54, 1.807) is 0 Å². The molecule has 3 heteroatoms. The molecule has 3 nitrogen and oxygen atoms in total. The Morgan fingerprint density at radius 1 is 1.36 bits per heavy atom. The van der Waals surface area contributed by atoms with E-state index in [1.807, 2.05) is 0 Å². The molecule has 0 aromatic carbocycles. The topological polar surface area (TPSA) is 40.5 Å². The fourth-order valence-electron chi connectivity index (χ4n) is 2.43. The zero-order valence-corrected chi connectivity index (χ0v) is 9.20. The lowest BCUT2D eigenvalue weighted by Crippen LogP contribution is -2.39. The van der Waals surface area contributed by atoms with Crippen LogP contribution in [0.3, 0.4) is 0 Å². The molecule has 0 aliphatic carbocycles. The number of carboxylic acids is 1. The van der Waals surface area contributed by atoms with E-state index in [0.29, 0.717) is 6.42 Å². The fourth-order valence-corrected chi connectivity index (χ4v) is 2.43. The zero-order chi connectivity index (χ0) is 10.6. The summed E-state index contributed by atoms with van der Waals surface area (Å²) >= 11 is 0. The van der Waals surface area contributed by atoms with Gasteiger partial charge in [0.05, 0.1) is 0 Å². The molecule has 1 saturated heterocycles. The monoisotopic (exact) mass is 199 g/mol. The van der Waals surface area contributed by atoms with Crippen molar-refractivity contribution in [2.75, 3.05) is 19.6 Å². The summed E-state index contributed by atoms with van der Waals surface area (Å²) in [6.07, 6.45) is 2.41. The van der Waals surface area contributed by atoms with Gasteiger partial charge in [0.1, 0.15) is 0 Å². The third-order valence-corrected chi connectivity index (χ3v) is 2.81. The second kappa shape index (κ2) is 5.35. The van der Waals surface area contributed by atoms with Crippen molar-refractivity contribution in [1.29, 1.82) is 0 Å². The predicted octanol–water partition coefficient (Wildman–Crippen LogP) is 1.83. The molecule has 0 spiro atoms. The lowest BCUT2D eigenvalue weighted by molar-refractivity contribution is -0.137. The third kappa shape index (κ3) is 4.09. The van der Waals surface area contributed by atoms with Gasteiger partial charge in [-0.15, -0.1) is 0 Å². The highest BCUT2D eigenvalue weighted by molar-refractivity contribution is 5.66.